The Morgan fingerprint density at radius 1 is 1.25 bits per heavy atom. The molecule has 0 aliphatic heterocycles. The molecule has 8 heteroatoms. The van der Waals surface area contributed by atoms with E-state index < -0.39 is 4.92 Å². The molecule has 0 aliphatic carbocycles. The summed E-state index contributed by atoms with van der Waals surface area (Å²) in [5.74, 6) is 0.290. The molecular formula is C12H20N4O4. The van der Waals surface area contributed by atoms with Crippen molar-refractivity contribution in [3.8, 4) is 5.88 Å². The van der Waals surface area contributed by atoms with E-state index in [9.17, 15) is 10.1 Å². The Labute approximate surface area is 117 Å². The number of aromatic nitrogens is 2. The van der Waals surface area contributed by atoms with Crippen LogP contribution in [0.2, 0.25) is 0 Å². The van der Waals surface area contributed by atoms with Gasteiger partial charge in [0.05, 0.1) is 11.5 Å². The topological polar surface area (TPSA) is 99.4 Å². The van der Waals surface area contributed by atoms with Crippen LogP contribution in [0, 0.1) is 17.0 Å². The van der Waals surface area contributed by atoms with Gasteiger partial charge in [0.1, 0.15) is 12.3 Å². The monoisotopic (exact) mass is 284 g/mol. The molecule has 0 saturated heterocycles. The van der Waals surface area contributed by atoms with Crippen LogP contribution in [0.1, 0.15) is 26.0 Å². The third kappa shape index (κ3) is 4.61. The number of nitrogens with one attached hydrogen (secondary N) is 1. The minimum atomic E-state index is -0.534. The van der Waals surface area contributed by atoms with E-state index in [4.69, 9.17) is 9.47 Å². The predicted octanol–water partition coefficient (Wildman–Crippen LogP) is 1.93. The zero-order valence-electron chi connectivity index (χ0n) is 12.0. The Morgan fingerprint density at radius 2 is 2.00 bits per heavy atom. The predicted molar refractivity (Wildman–Crippen MR) is 74.2 cm³/mol. The van der Waals surface area contributed by atoms with E-state index in [2.05, 4.69) is 15.3 Å². The van der Waals surface area contributed by atoms with E-state index in [-0.39, 0.29) is 23.9 Å². The zero-order chi connectivity index (χ0) is 15.0. The summed E-state index contributed by atoms with van der Waals surface area (Å²) in [5, 5.41) is 14.0. The van der Waals surface area contributed by atoms with E-state index in [1.165, 1.54) is 0 Å². The molecule has 0 aliphatic rings. The second-order valence-corrected chi connectivity index (χ2v) is 4.03. The van der Waals surface area contributed by atoms with Gasteiger partial charge in [-0.3, -0.25) is 10.1 Å². The average Bonchev–Trinajstić information content (AvgIpc) is 2.38. The van der Waals surface area contributed by atoms with Crippen molar-refractivity contribution >= 4 is 11.6 Å². The van der Waals surface area contributed by atoms with Gasteiger partial charge < -0.3 is 14.8 Å². The Kier molecular flexibility index (Phi) is 6.65. The maximum atomic E-state index is 11.0. The Morgan fingerprint density at radius 3 is 2.60 bits per heavy atom. The number of rotatable bonds is 9. The fraction of sp³-hybridized carbons (Fsp3) is 0.667. The first kappa shape index (κ1) is 16.1. The smallest absolute Gasteiger partial charge is 0.352 e. The highest BCUT2D eigenvalue weighted by Gasteiger charge is 2.23. The third-order valence-electron chi connectivity index (χ3n) is 2.36. The van der Waals surface area contributed by atoms with Crippen LogP contribution >= 0.6 is 0 Å². The van der Waals surface area contributed by atoms with Gasteiger partial charge in [-0.2, -0.15) is 4.98 Å². The zero-order valence-corrected chi connectivity index (χ0v) is 12.0. The molecule has 20 heavy (non-hydrogen) atoms. The Balaban J connectivity index is 2.81. The quantitative estimate of drug-likeness (QED) is 0.420. The van der Waals surface area contributed by atoms with E-state index in [1.54, 1.807) is 6.92 Å². The molecule has 0 unspecified atom stereocenters. The first-order valence-corrected chi connectivity index (χ1v) is 6.57. The summed E-state index contributed by atoms with van der Waals surface area (Å²) in [7, 11) is 0. The summed E-state index contributed by atoms with van der Waals surface area (Å²) in [6, 6.07) is 0. The molecule has 0 spiro atoms. The fourth-order valence-corrected chi connectivity index (χ4v) is 1.53. The van der Waals surface area contributed by atoms with E-state index >= 15 is 0 Å². The van der Waals surface area contributed by atoms with E-state index in [1.807, 2.05) is 13.8 Å². The minimum Gasteiger partial charge on any atom is -0.470 e. The summed E-state index contributed by atoms with van der Waals surface area (Å²) >= 11 is 0. The highest BCUT2D eigenvalue weighted by Crippen LogP contribution is 2.28. The van der Waals surface area contributed by atoms with E-state index in [0.29, 0.717) is 25.7 Å². The molecule has 0 bridgehead atoms. The number of nitro groups is 1. The van der Waals surface area contributed by atoms with Gasteiger partial charge in [0.25, 0.3) is 5.88 Å². The van der Waals surface area contributed by atoms with Crippen molar-refractivity contribution in [3.63, 3.8) is 0 Å². The lowest BCUT2D eigenvalue weighted by Gasteiger charge is -2.09. The normalized spacial score (nSPS) is 10.3. The molecular weight excluding hydrogens is 264 g/mol. The summed E-state index contributed by atoms with van der Waals surface area (Å²) in [4.78, 5) is 18.6. The van der Waals surface area contributed by atoms with Gasteiger partial charge in [0, 0.05) is 13.2 Å². The Hall–Kier alpha value is -1.96. The number of nitrogens with zero attached hydrogens (tertiary/aromatic N) is 3. The fourth-order valence-electron chi connectivity index (χ4n) is 1.53. The molecule has 8 nitrogen and oxygen atoms in total. The number of hydrogen-bond acceptors (Lipinski definition) is 7. The summed E-state index contributed by atoms with van der Waals surface area (Å²) < 4.78 is 10.6. The number of anilines is 1. The molecule has 1 N–H and O–H groups in total. The van der Waals surface area contributed by atoms with Gasteiger partial charge in [0.2, 0.25) is 5.95 Å². The first-order valence-electron chi connectivity index (χ1n) is 6.57. The molecule has 0 saturated carbocycles. The van der Waals surface area contributed by atoms with Crippen molar-refractivity contribution in [2.45, 2.75) is 27.2 Å². The van der Waals surface area contributed by atoms with Crippen molar-refractivity contribution in [3.05, 3.63) is 15.8 Å². The molecule has 1 aromatic heterocycles. The SMILES string of the molecule is CCCOCCOc1nc(NCC)nc(C)c1[N+](=O)[O-]. The first-order chi connectivity index (χ1) is 9.60. The van der Waals surface area contributed by atoms with Crippen LogP contribution in [-0.4, -0.2) is 41.3 Å². The lowest BCUT2D eigenvalue weighted by atomic mass is 10.3. The van der Waals surface area contributed by atoms with Crippen molar-refractivity contribution in [1.29, 1.82) is 0 Å². The van der Waals surface area contributed by atoms with Gasteiger partial charge in [-0.15, -0.1) is 0 Å². The molecule has 0 amide bonds. The number of hydrogen-bond donors (Lipinski definition) is 1. The van der Waals surface area contributed by atoms with Crippen molar-refractivity contribution in [2.24, 2.45) is 0 Å². The largest absolute Gasteiger partial charge is 0.470 e. The Bertz CT molecular complexity index is 453. The second-order valence-electron chi connectivity index (χ2n) is 4.03. The van der Waals surface area contributed by atoms with Crippen molar-refractivity contribution in [2.75, 3.05) is 31.7 Å². The lowest BCUT2D eigenvalue weighted by molar-refractivity contribution is -0.387. The van der Waals surface area contributed by atoms with Crippen LogP contribution in [0.5, 0.6) is 5.88 Å². The molecule has 0 radical (unpaired) electrons. The maximum Gasteiger partial charge on any atom is 0.352 e. The van der Waals surface area contributed by atoms with Crippen LogP contribution in [0.3, 0.4) is 0 Å². The van der Waals surface area contributed by atoms with Crippen LogP contribution in [0.15, 0.2) is 0 Å². The van der Waals surface area contributed by atoms with Crippen LogP contribution in [-0.2, 0) is 4.74 Å². The van der Waals surface area contributed by atoms with Crippen LogP contribution < -0.4 is 10.1 Å². The van der Waals surface area contributed by atoms with Gasteiger partial charge in [-0.25, -0.2) is 4.98 Å². The van der Waals surface area contributed by atoms with Crippen molar-refractivity contribution < 1.29 is 14.4 Å². The summed E-state index contributed by atoms with van der Waals surface area (Å²) in [6.07, 6.45) is 0.914. The second kappa shape index (κ2) is 8.26. The maximum absolute atomic E-state index is 11.0. The van der Waals surface area contributed by atoms with Gasteiger partial charge in [-0.1, -0.05) is 6.92 Å². The molecule has 1 aromatic rings. The average molecular weight is 284 g/mol. The lowest BCUT2D eigenvalue weighted by Crippen LogP contribution is -2.12. The standard InChI is InChI=1S/C12H20N4O4/c1-4-6-19-7-8-20-11-10(16(17)18)9(3)14-12(15-11)13-5-2/h4-8H2,1-3H3,(H,13,14,15). The highest BCUT2D eigenvalue weighted by atomic mass is 16.6. The van der Waals surface area contributed by atoms with Crippen LogP contribution in [0.4, 0.5) is 11.6 Å². The van der Waals surface area contributed by atoms with Crippen molar-refractivity contribution in [1.82, 2.24) is 9.97 Å². The van der Waals surface area contributed by atoms with E-state index in [0.717, 1.165) is 6.42 Å². The highest BCUT2D eigenvalue weighted by molar-refractivity contribution is 5.48. The molecule has 0 fully saturated rings. The van der Waals surface area contributed by atoms with Gasteiger partial charge in [-0.05, 0) is 20.3 Å². The molecule has 0 aromatic carbocycles. The molecule has 1 rings (SSSR count). The number of aryl methyl sites for hydroxylation is 1. The summed E-state index contributed by atoms with van der Waals surface area (Å²) in [5.41, 5.74) is 0.0626. The minimum absolute atomic E-state index is 0.0291. The summed E-state index contributed by atoms with van der Waals surface area (Å²) in [6.45, 7) is 7.28. The van der Waals surface area contributed by atoms with Gasteiger partial charge in [0.15, 0.2) is 0 Å². The molecule has 0 atom stereocenters. The molecule has 112 valence electrons. The number of ether oxygens (including phenoxy) is 2. The third-order valence-corrected chi connectivity index (χ3v) is 2.36. The van der Waals surface area contributed by atoms with Gasteiger partial charge >= 0.3 is 5.69 Å². The van der Waals surface area contributed by atoms with Crippen LogP contribution in [0.25, 0.3) is 0 Å². The molecule has 1 heterocycles.